The van der Waals surface area contributed by atoms with Crippen LogP contribution in [0.25, 0.3) is 11.1 Å². The minimum absolute atomic E-state index is 0.114. The van der Waals surface area contributed by atoms with Crippen molar-refractivity contribution in [2.75, 3.05) is 4.90 Å². The summed E-state index contributed by atoms with van der Waals surface area (Å²) >= 11 is 0. The van der Waals surface area contributed by atoms with Crippen molar-refractivity contribution in [3.8, 4) is 11.1 Å². The lowest BCUT2D eigenvalue weighted by Gasteiger charge is -2.45. The number of benzene rings is 6. The predicted octanol–water partition coefficient (Wildman–Crippen LogP) is 10.3. The molecule has 0 N–H and O–H groups in total. The largest absolute Gasteiger partial charge is 0.310 e. The Bertz CT molecular complexity index is 2190. The maximum absolute atomic E-state index is 14.3. The maximum Gasteiger partial charge on any atom is 0.193 e. The average Bonchev–Trinajstić information content (AvgIpc) is 3.33. The second-order valence-corrected chi connectivity index (χ2v) is 13.5. The van der Waals surface area contributed by atoms with Crippen molar-refractivity contribution in [1.29, 1.82) is 0 Å². The fourth-order valence-corrected chi connectivity index (χ4v) is 8.73. The van der Waals surface area contributed by atoms with E-state index >= 15 is 0 Å². The predicted molar refractivity (Wildman–Crippen MR) is 183 cm³/mol. The molecule has 0 fully saturated rings. The van der Waals surface area contributed by atoms with Crippen LogP contribution in [0.15, 0.2) is 127 Å². The highest BCUT2D eigenvalue weighted by molar-refractivity contribution is 6.14. The van der Waals surface area contributed by atoms with Crippen molar-refractivity contribution in [1.82, 2.24) is 0 Å². The van der Waals surface area contributed by atoms with Crippen molar-refractivity contribution in [3.05, 3.63) is 183 Å². The first-order chi connectivity index (χ1) is 21.8. The third kappa shape index (κ3) is 3.27. The van der Waals surface area contributed by atoms with Gasteiger partial charge in [-0.3, -0.25) is 4.79 Å². The van der Waals surface area contributed by atoms with E-state index in [2.05, 4.69) is 142 Å². The van der Waals surface area contributed by atoms with E-state index in [1.54, 1.807) is 0 Å². The first kappa shape index (κ1) is 26.2. The molecule has 0 saturated carbocycles. The molecule has 0 amide bonds. The minimum Gasteiger partial charge on any atom is -0.310 e. The zero-order valence-corrected chi connectivity index (χ0v) is 26.0. The van der Waals surface area contributed by atoms with Crippen LogP contribution in [0.4, 0.5) is 17.1 Å². The van der Waals surface area contributed by atoms with E-state index in [9.17, 15) is 4.79 Å². The Morgan fingerprint density at radius 3 is 1.62 bits per heavy atom. The number of fused-ring (bicyclic) bond motifs is 11. The molecule has 0 atom stereocenters. The third-order valence-electron chi connectivity index (χ3n) is 10.5. The highest BCUT2D eigenvalue weighted by atomic mass is 16.1. The molecule has 216 valence electrons. The molecule has 2 aliphatic carbocycles. The lowest BCUT2D eigenvalue weighted by Crippen LogP contribution is -2.37. The Morgan fingerprint density at radius 1 is 0.467 bits per heavy atom. The molecule has 0 bridgehead atoms. The minimum atomic E-state index is -0.578. The maximum atomic E-state index is 14.3. The van der Waals surface area contributed by atoms with Gasteiger partial charge in [-0.25, -0.2) is 0 Å². The van der Waals surface area contributed by atoms with E-state index in [0.717, 1.165) is 27.9 Å². The van der Waals surface area contributed by atoms with Gasteiger partial charge < -0.3 is 4.90 Å². The molecular formula is C43H33NO. The standard InChI is InChI=1S/C43H33NO/c1-26-21-27(2)23-28(22-26)44-39-19-11-9-17-35(39)43(36-18-10-12-20-40(36)44)34-16-8-5-13-29(34)31-24-37-32(25-38(31)43)41(45)30-14-6-7-15-33(30)42(37,3)4/h5-25H,1-4H3. The molecule has 45 heavy (non-hydrogen) atoms. The molecular weight excluding hydrogens is 546 g/mol. The zero-order chi connectivity index (χ0) is 30.7. The quantitative estimate of drug-likeness (QED) is 0.193. The number of carbonyl (C=O) groups excluding carboxylic acids is 1. The molecule has 1 aliphatic heterocycles. The second-order valence-electron chi connectivity index (χ2n) is 13.5. The highest BCUT2D eigenvalue weighted by Crippen LogP contribution is 2.64. The molecule has 0 unspecified atom stereocenters. The van der Waals surface area contributed by atoms with Crippen LogP contribution in [-0.4, -0.2) is 5.78 Å². The molecule has 9 rings (SSSR count). The first-order valence-corrected chi connectivity index (χ1v) is 15.8. The molecule has 3 aliphatic rings. The van der Waals surface area contributed by atoms with Gasteiger partial charge in [0.05, 0.1) is 16.8 Å². The number of hydrogen-bond acceptors (Lipinski definition) is 2. The molecule has 6 aromatic rings. The third-order valence-corrected chi connectivity index (χ3v) is 10.5. The van der Waals surface area contributed by atoms with Crippen LogP contribution in [0, 0.1) is 13.8 Å². The normalized spacial score (nSPS) is 15.9. The second kappa shape index (κ2) is 8.92. The van der Waals surface area contributed by atoms with Gasteiger partial charge >= 0.3 is 0 Å². The number of nitrogens with zero attached hydrogens (tertiary/aromatic N) is 1. The van der Waals surface area contributed by atoms with E-state index in [0.29, 0.717) is 0 Å². The summed E-state index contributed by atoms with van der Waals surface area (Å²) in [6.07, 6.45) is 0. The van der Waals surface area contributed by atoms with E-state index < -0.39 is 5.41 Å². The summed E-state index contributed by atoms with van der Waals surface area (Å²) in [4.78, 5) is 16.8. The number of anilines is 3. The molecule has 0 aromatic heterocycles. The summed E-state index contributed by atoms with van der Waals surface area (Å²) in [7, 11) is 0. The van der Waals surface area contributed by atoms with Gasteiger partial charge in [0.1, 0.15) is 0 Å². The smallest absolute Gasteiger partial charge is 0.193 e. The number of rotatable bonds is 1. The zero-order valence-electron chi connectivity index (χ0n) is 26.0. The summed E-state index contributed by atoms with van der Waals surface area (Å²) in [6, 6.07) is 46.2. The Balaban J connectivity index is 1.41. The van der Waals surface area contributed by atoms with Crippen molar-refractivity contribution >= 4 is 22.8 Å². The summed E-state index contributed by atoms with van der Waals surface area (Å²) in [6.45, 7) is 8.85. The van der Waals surface area contributed by atoms with Crippen LogP contribution in [0.2, 0.25) is 0 Å². The van der Waals surface area contributed by atoms with Gasteiger partial charge in [-0.1, -0.05) is 105 Å². The molecule has 6 aromatic carbocycles. The van der Waals surface area contributed by atoms with Gasteiger partial charge in [0.2, 0.25) is 0 Å². The number of para-hydroxylation sites is 2. The molecule has 0 saturated heterocycles. The monoisotopic (exact) mass is 579 g/mol. The van der Waals surface area contributed by atoms with Crippen LogP contribution < -0.4 is 4.90 Å². The lowest BCUT2D eigenvalue weighted by atomic mass is 9.63. The topological polar surface area (TPSA) is 20.3 Å². The Kier molecular flexibility index (Phi) is 5.20. The van der Waals surface area contributed by atoms with E-state index in [-0.39, 0.29) is 11.2 Å². The van der Waals surface area contributed by atoms with E-state index in [1.165, 1.54) is 55.9 Å². The van der Waals surface area contributed by atoms with Crippen molar-refractivity contribution < 1.29 is 4.79 Å². The Hall–Kier alpha value is -5.21. The molecule has 2 nitrogen and oxygen atoms in total. The molecule has 1 heterocycles. The fourth-order valence-electron chi connectivity index (χ4n) is 8.73. The summed E-state index contributed by atoms with van der Waals surface area (Å²) in [5.41, 5.74) is 16.3. The summed E-state index contributed by atoms with van der Waals surface area (Å²) < 4.78 is 0. The molecule has 0 radical (unpaired) electrons. The van der Waals surface area contributed by atoms with Crippen LogP contribution in [-0.2, 0) is 10.8 Å². The number of ketones is 1. The van der Waals surface area contributed by atoms with E-state index in [4.69, 9.17) is 0 Å². The van der Waals surface area contributed by atoms with Crippen LogP contribution in [0.5, 0.6) is 0 Å². The van der Waals surface area contributed by atoms with Gasteiger partial charge in [-0.05, 0) is 106 Å². The van der Waals surface area contributed by atoms with Crippen LogP contribution in [0.3, 0.4) is 0 Å². The van der Waals surface area contributed by atoms with Gasteiger partial charge in [-0.15, -0.1) is 0 Å². The Morgan fingerprint density at radius 2 is 0.978 bits per heavy atom. The van der Waals surface area contributed by atoms with Gasteiger partial charge in [0.15, 0.2) is 5.78 Å². The highest BCUT2D eigenvalue weighted by Gasteiger charge is 2.53. The van der Waals surface area contributed by atoms with E-state index in [1.807, 2.05) is 18.2 Å². The van der Waals surface area contributed by atoms with Crippen LogP contribution in [0.1, 0.15) is 74.3 Å². The van der Waals surface area contributed by atoms with Gasteiger partial charge in [0.25, 0.3) is 0 Å². The number of aryl methyl sites for hydroxylation is 2. The first-order valence-electron chi connectivity index (χ1n) is 15.8. The van der Waals surface area contributed by atoms with Crippen molar-refractivity contribution in [2.24, 2.45) is 0 Å². The van der Waals surface area contributed by atoms with Gasteiger partial charge in [0, 0.05) is 22.2 Å². The van der Waals surface area contributed by atoms with Crippen LogP contribution >= 0.6 is 0 Å². The summed E-state index contributed by atoms with van der Waals surface area (Å²) in [5.74, 6) is 0.114. The fraction of sp³-hybridized carbons (Fsp3) is 0.140. The average molecular weight is 580 g/mol. The SMILES string of the molecule is Cc1cc(C)cc(N2c3ccccc3C3(c4ccccc4-c4cc5c(cc43)C(=O)c3ccccc3C5(C)C)c3ccccc32)c1. The molecule has 2 heteroatoms. The van der Waals surface area contributed by atoms with Gasteiger partial charge in [-0.2, -0.15) is 0 Å². The molecule has 1 spiro atoms. The number of hydrogen-bond donors (Lipinski definition) is 0. The van der Waals surface area contributed by atoms with Crippen molar-refractivity contribution in [3.63, 3.8) is 0 Å². The summed E-state index contributed by atoms with van der Waals surface area (Å²) in [5, 5.41) is 0. The Labute approximate surface area is 264 Å². The number of carbonyl (C=O) groups is 1. The van der Waals surface area contributed by atoms with Crippen molar-refractivity contribution in [2.45, 2.75) is 38.5 Å². The lowest BCUT2D eigenvalue weighted by molar-refractivity contribution is 0.103.